The van der Waals surface area contributed by atoms with Gasteiger partial charge in [0.25, 0.3) is 15.9 Å². The molecule has 1 amide bonds. The highest BCUT2D eigenvalue weighted by atomic mass is 32.2. The maximum Gasteiger partial charge on any atom is 0.261 e. The van der Waals surface area contributed by atoms with Gasteiger partial charge in [-0.2, -0.15) is 0 Å². The zero-order chi connectivity index (χ0) is 22.1. The molecule has 1 atom stereocenters. The van der Waals surface area contributed by atoms with E-state index in [0.29, 0.717) is 30.8 Å². The second kappa shape index (κ2) is 10.7. The quantitative estimate of drug-likeness (QED) is 0.460. The highest BCUT2D eigenvalue weighted by Gasteiger charge is 2.14. The first-order valence-electron chi connectivity index (χ1n) is 10.1. The number of ether oxygens (including phenoxy) is 1. The second-order valence-electron chi connectivity index (χ2n) is 7.03. The molecule has 2 N–H and O–H groups in total. The van der Waals surface area contributed by atoms with Crippen LogP contribution in [0.1, 0.15) is 35.4 Å². The van der Waals surface area contributed by atoms with Gasteiger partial charge in [0.15, 0.2) is 0 Å². The van der Waals surface area contributed by atoms with Crippen LogP contribution in [0.2, 0.25) is 0 Å². The Morgan fingerprint density at radius 3 is 2.32 bits per heavy atom. The smallest absolute Gasteiger partial charge is 0.261 e. The summed E-state index contributed by atoms with van der Waals surface area (Å²) in [6.45, 7) is 2.98. The monoisotopic (exact) mass is 438 g/mol. The first kappa shape index (κ1) is 22.5. The van der Waals surface area contributed by atoms with Crippen LogP contribution in [-0.4, -0.2) is 27.5 Å². The van der Waals surface area contributed by atoms with E-state index < -0.39 is 10.0 Å². The number of amides is 1. The van der Waals surface area contributed by atoms with Gasteiger partial charge in [-0.3, -0.25) is 9.52 Å². The molecule has 6 nitrogen and oxygen atoms in total. The fourth-order valence-electron chi connectivity index (χ4n) is 2.99. The maximum atomic E-state index is 12.5. The van der Waals surface area contributed by atoms with Crippen molar-refractivity contribution in [3.8, 4) is 0 Å². The average molecular weight is 439 g/mol. The maximum absolute atomic E-state index is 12.5. The molecule has 0 aromatic heterocycles. The van der Waals surface area contributed by atoms with Gasteiger partial charge in [0.05, 0.1) is 11.0 Å². The fraction of sp³-hybridized carbons (Fsp3) is 0.208. The van der Waals surface area contributed by atoms with Crippen molar-refractivity contribution in [1.29, 1.82) is 0 Å². The molecule has 0 radical (unpaired) electrons. The van der Waals surface area contributed by atoms with Crippen molar-refractivity contribution in [2.45, 2.75) is 24.3 Å². The molecule has 0 aliphatic rings. The summed E-state index contributed by atoms with van der Waals surface area (Å²) in [5, 5.41) is 2.84. The molecule has 7 heteroatoms. The predicted octanol–water partition coefficient (Wildman–Crippen LogP) is 4.39. The van der Waals surface area contributed by atoms with Gasteiger partial charge >= 0.3 is 0 Å². The van der Waals surface area contributed by atoms with Crippen molar-refractivity contribution in [3.63, 3.8) is 0 Å². The minimum Gasteiger partial charge on any atom is -0.374 e. The first-order chi connectivity index (χ1) is 15.0. The van der Waals surface area contributed by atoms with Gasteiger partial charge in [-0.1, -0.05) is 54.6 Å². The summed E-state index contributed by atoms with van der Waals surface area (Å²) < 4.78 is 33.2. The molecule has 0 fully saturated rings. The number of carbonyl (C=O) groups excluding carboxylic acids is 1. The lowest BCUT2D eigenvalue weighted by Crippen LogP contribution is -2.25. The molecule has 0 saturated carbocycles. The Morgan fingerprint density at radius 2 is 1.61 bits per heavy atom. The van der Waals surface area contributed by atoms with E-state index in [9.17, 15) is 13.2 Å². The topological polar surface area (TPSA) is 84.5 Å². The minimum absolute atomic E-state index is 0.00813. The van der Waals surface area contributed by atoms with E-state index in [0.717, 1.165) is 5.56 Å². The molecule has 0 saturated heterocycles. The molecular weight excluding hydrogens is 412 g/mol. The number of sulfonamides is 1. The molecule has 3 aromatic carbocycles. The summed E-state index contributed by atoms with van der Waals surface area (Å²) in [7, 11) is -3.71. The van der Waals surface area contributed by atoms with Crippen LogP contribution in [0.3, 0.4) is 0 Å². The van der Waals surface area contributed by atoms with Crippen LogP contribution >= 0.6 is 0 Å². The van der Waals surface area contributed by atoms with Crippen LogP contribution in [-0.2, 0) is 14.8 Å². The van der Waals surface area contributed by atoms with Crippen molar-refractivity contribution < 1.29 is 17.9 Å². The van der Waals surface area contributed by atoms with Gasteiger partial charge in [0.2, 0.25) is 0 Å². The molecule has 0 bridgehead atoms. The Labute approximate surface area is 183 Å². The largest absolute Gasteiger partial charge is 0.374 e. The summed E-state index contributed by atoms with van der Waals surface area (Å²) in [5.41, 5.74) is 1.82. The normalized spacial score (nSPS) is 12.2. The second-order valence-corrected chi connectivity index (χ2v) is 8.71. The van der Waals surface area contributed by atoms with Crippen LogP contribution in [0.5, 0.6) is 0 Å². The number of hydrogen-bond donors (Lipinski definition) is 2. The lowest BCUT2D eigenvalue weighted by Gasteiger charge is -2.13. The van der Waals surface area contributed by atoms with Gasteiger partial charge in [-0.15, -0.1) is 0 Å². The van der Waals surface area contributed by atoms with E-state index in [4.69, 9.17) is 4.74 Å². The van der Waals surface area contributed by atoms with E-state index in [1.165, 1.54) is 18.2 Å². The lowest BCUT2D eigenvalue weighted by molar-refractivity contribution is 0.0635. The fourth-order valence-corrected chi connectivity index (χ4v) is 4.06. The highest BCUT2D eigenvalue weighted by Crippen LogP contribution is 2.18. The number of hydrogen-bond acceptors (Lipinski definition) is 4. The molecule has 0 heterocycles. The molecule has 31 heavy (non-hydrogen) atoms. The summed E-state index contributed by atoms with van der Waals surface area (Å²) in [5.74, 6) is -0.267. The summed E-state index contributed by atoms with van der Waals surface area (Å²) >= 11 is 0. The lowest BCUT2D eigenvalue weighted by atomic mass is 10.1. The SMILES string of the molecule is CC(OCCCNC(=O)c1cccc(NS(=O)(=O)c2ccccc2)c1)c1ccccc1. The molecule has 3 rings (SSSR count). The molecule has 1 unspecified atom stereocenters. The average Bonchev–Trinajstić information content (AvgIpc) is 2.79. The minimum atomic E-state index is -3.71. The van der Waals surface area contributed by atoms with E-state index in [-0.39, 0.29) is 16.9 Å². The third kappa shape index (κ3) is 6.67. The van der Waals surface area contributed by atoms with Crippen molar-refractivity contribution in [1.82, 2.24) is 5.32 Å². The Bertz CT molecular complexity index is 1090. The van der Waals surface area contributed by atoms with Gasteiger partial charge in [0, 0.05) is 24.4 Å². The van der Waals surface area contributed by atoms with Crippen LogP contribution in [0.4, 0.5) is 5.69 Å². The Kier molecular flexibility index (Phi) is 7.81. The molecule has 0 aliphatic heterocycles. The van der Waals surface area contributed by atoms with E-state index >= 15 is 0 Å². The van der Waals surface area contributed by atoms with Crippen molar-refractivity contribution in [3.05, 3.63) is 96.1 Å². The van der Waals surface area contributed by atoms with Crippen LogP contribution in [0.25, 0.3) is 0 Å². The van der Waals surface area contributed by atoms with Crippen LogP contribution in [0, 0.1) is 0 Å². The van der Waals surface area contributed by atoms with Gasteiger partial charge < -0.3 is 10.1 Å². The molecule has 3 aromatic rings. The van der Waals surface area contributed by atoms with Crippen molar-refractivity contribution in [2.24, 2.45) is 0 Å². The van der Waals surface area contributed by atoms with E-state index in [1.54, 1.807) is 36.4 Å². The number of carbonyl (C=O) groups is 1. The van der Waals surface area contributed by atoms with E-state index in [1.807, 2.05) is 37.3 Å². The first-order valence-corrected chi connectivity index (χ1v) is 11.6. The third-order valence-corrected chi connectivity index (χ3v) is 6.07. The van der Waals surface area contributed by atoms with Crippen LogP contribution in [0.15, 0.2) is 89.8 Å². The van der Waals surface area contributed by atoms with Crippen LogP contribution < -0.4 is 10.0 Å². The van der Waals surface area contributed by atoms with Crippen molar-refractivity contribution >= 4 is 21.6 Å². The summed E-state index contributed by atoms with van der Waals surface area (Å²) in [6, 6.07) is 24.4. The highest BCUT2D eigenvalue weighted by molar-refractivity contribution is 7.92. The number of anilines is 1. The van der Waals surface area contributed by atoms with Gasteiger partial charge in [-0.25, -0.2) is 8.42 Å². The molecule has 0 spiro atoms. The Morgan fingerprint density at radius 1 is 0.935 bits per heavy atom. The predicted molar refractivity (Wildman–Crippen MR) is 121 cm³/mol. The number of benzene rings is 3. The third-order valence-electron chi connectivity index (χ3n) is 4.67. The summed E-state index contributed by atoms with van der Waals surface area (Å²) in [6.07, 6.45) is 0.662. The molecule has 0 aliphatic carbocycles. The van der Waals surface area contributed by atoms with Gasteiger partial charge in [-0.05, 0) is 49.2 Å². The Balaban J connectivity index is 1.48. The molecule has 162 valence electrons. The van der Waals surface area contributed by atoms with Crippen molar-refractivity contribution in [2.75, 3.05) is 17.9 Å². The Hall–Kier alpha value is -3.16. The zero-order valence-electron chi connectivity index (χ0n) is 17.3. The van der Waals surface area contributed by atoms with Gasteiger partial charge in [0.1, 0.15) is 0 Å². The zero-order valence-corrected chi connectivity index (χ0v) is 18.1. The van der Waals surface area contributed by atoms with E-state index in [2.05, 4.69) is 10.0 Å². The summed E-state index contributed by atoms with van der Waals surface area (Å²) in [4.78, 5) is 12.6. The number of rotatable bonds is 10. The number of nitrogens with one attached hydrogen (secondary N) is 2. The standard InChI is InChI=1S/C24H26N2O4S/c1-19(20-10-4-2-5-11-20)30-17-9-16-25-24(27)21-12-8-13-22(18-21)26-31(28,29)23-14-6-3-7-15-23/h2-8,10-15,18-19,26H,9,16-17H2,1H3,(H,25,27). The molecular formula is C24H26N2O4S.